The molecule has 0 aliphatic rings. The largest absolute Gasteiger partial charge is 0.490 e. The molecule has 0 spiro atoms. The minimum Gasteiger partial charge on any atom is -0.490 e. The zero-order valence-electron chi connectivity index (χ0n) is 16.0. The van der Waals surface area contributed by atoms with Crippen LogP contribution in [-0.4, -0.2) is 34.2 Å². The number of carbonyl (C=O) groups excluding carboxylic acids is 1. The number of aromatic nitrogens is 2. The van der Waals surface area contributed by atoms with E-state index >= 15 is 0 Å². The van der Waals surface area contributed by atoms with E-state index in [4.69, 9.17) is 9.15 Å². The Balaban J connectivity index is 1.84. The third kappa shape index (κ3) is 4.53. The van der Waals surface area contributed by atoms with E-state index < -0.39 is 0 Å². The van der Waals surface area contributed by atoms with Gasteiger partial charge in [0, 0.05) is 25.1 Å². The predicted octanol–water partition coefficient (Wildman–Crippen LogP) is 4.10. The summed E-state index contributed by atoms with van der Waals surface area (Å²) in [5.41, 5.74) is 2.47. The highest BCUT2D eigenvalue weighted by Crippen LogP contribution is 2.31. The Bertz CT molecular complexity index is 934. The lowest BCUT2D eigenvalue weighted by Crippen LogP contribution is -2.26. The van der Waals surface area contributed by atoms with Crippen LogP contribution in [0.25, 0.3) is 11.1 Å². The Hall–Kier alpha value is -3.15. The van der Waals surface area contributed by atoms with Gasteiger partial charge in [0.2, 0.25) is 11.8 Å². The molecule has 0 aliphatic carbocycles. The number of hydrogen-bond donors (Lipinski definition) is 0. The molecule has 27 heavy (non-hydrogen) atoms. The summed E-state index contributed by atoms with van der Waals surface area (Å²) in [6, 6.07) is 15.4. The van der Waals surface area contributed by atoms with Crippen LogP contribution >= 0.6 is 0 Å². The van der Waals surface area contributed by atoms with E-state index in [2.05, 4.69) is 10.2 Å². The molecule has 0 unspecified atom stereocenters. The molecule has 3 rings (SSSR count). The number of amides is 1. The van der Waals surface area contributed by atoms with Crippen molar-refractivity contribution in [3.63, 3.8) is 0 Å². The second-order valence-corrected chi connectivity index (χ2v) is 6.62. The number of hydrogen-bond acceptors (Lipinski definition) is 5. The normalized spacial score (nSPS) is 10.9. The van der Waals surface area contributed by atoms with E-state index in [0.29, 0.717) is 17.3 Å². The molecule has 0 fully saturated rings. The molecule has 6 heteroatoms. The van der Waals surface area contributed by atoms with Crippen molar-refractivity contribution >= 4 is 5.91 Å². The lowest BCUT2D eigenvalue weighted by molar-refractivity contribution is 0.0772. The summed E-state index contributed by atoms with van der Waals surface area (Å²) in [7, 11) is 1.71. The Morgan fingerprint density at radius 1 is 1.15 bits per heavy atom. The molecule has 140 valence electrons. The van der Waals surface area contributed by atoms with Crippen LogP contribution in [0.1, 0.15) is 36.0 Å². The smallest absolute Gasteiger partial charge is 0.254 e. The van der Waals surface area contributed by atoms with E-state index in [0.717, 1.165) is 16.9 Å². The van der Waals surface area contributed by atoms with Crippen LogP contribution in [0.5, 0.6) is 5.75 Å². The summed E-state index contributed by atoms with van der Waals surface area (Å²) in [6.07, 6.45) is 0.0694. The van der Waals surface area contributed by atoms with Gasteiger partial charge in [-0.05, 0) is 37.6 Å². The van der Waals surface area contributed by atoms with Gasteiger partial charge in [0.1, 0.15) is 5.75 Å². The van der Waals surface area contributed by atoms with E-state index in [9.17, 15) is 4.79 Å². The van der Waals surface area contributed by atoms with Crippen LogP contribution in [-0.2, 0) is 6.54 Å². The van der Waals surface area contributed by atoms with Gasteiger partial charge < -0.3 is 14.1 Å². The SMILES string of the molecule is Cc1nnc(CN(C)C(=O)c2cccc(-c3ccccc3OC(C)C)c2)o1. The van der Waals surface area contributed by atoms with Crippen LogP contribution < -0.4 is 4.74 Å². The third-order valence-corrected chi connectivity index (χ3v) is 3.96. The first-order valence-electron chi connectivity index (χ1n) is 8.84. The molecule has 1 heterocycles. The van der Waals surface area contributed by atoms with Gasteiger partial charge in [-0.15, -0.1) is 10.2 Å². The first-order valence-corrected chi connectivity index (χ1v) is 8.84. The van der Waals surface area contributed by atoms with Gasteiger partial charge in [-0.3, -0.25) is 4.79 Å². The minimum atomic E-state index is -0.116. The van der Waals surface area contributed by atoms with Crippen molar-refractivity contribution in [2.75, 3.05) is 7.05 Å². The number of nitrogens with zero attached hydrogens (tertiary/aromatic N) is 3. The highest BCUT2D eigenvalue weighted by molar-refractivity contribution is 5.95. The maximum Gasteiger partial charge on any atom is 0.254 e. The molecule has 0 atom stereocenters. The van der Waals surface area contributed by atoms with E-state index in [-0.39, 0.29) is 18.6 Å². The van der Waals surface area contributed by atoms with E-state index in [1.165, 1.54) is 0 Å². The van der Waals surface area contributed by atoms with Gasteiger partial charge in [0.05, 0.1) is 12.6 Å². The van der Waals surface area contributed by atoms with Crippen LogP contribution in [0.2, 0.25) is 0 Å². The molecule has 1 amide bonds. The quantitative estimate of drug-likeness (QED) is 0.658. The Morgan fingerprint density at radius 2 is 1.93 bits per heavy atom. The third-order valence-electron chi connectivity index (χ3n) is 3.96. The highest BCUT2D eigenvalue weighted by Gasteiger charge is 2.16. The van der Waals surface area contributed by atoms with Crippen LogP contribution in [0.3, 0.4) is 0 Å². The summed E-state index contributed by atoms with van der Waals surface area (Å²) in [5.74, 6) is 1.58. The van der Waals surface area contributed by atoms with Crippen molar-refractivity contribution < 1.29 is 13.9 Å². The summed E-state index contributed by atoms with van der Waals surface area (Å²) in [6.45, 7) is 5.96. The van der Waals surface area contributed by atoms with Gasteiger partial charge in [0.25, 0.3) is 5.91 Å². The second kappa shape index (κ2) is 8.03. The summed E-state index contributed by atoms with van der Waals surface area (Å²) < 4.78 is 11.3. The lowest BCUT2D eigenvalue weighted by Gasteiger charge is -2.17. The molecular weight excluding hydrogens is 342 g/mol. The fourth-order valence-corrected chi connectivity index (χ4v) is 2.78. The number of benzene rings is 2. The number of aryl methyl sites for hydroxylation is 1. The van der Waals surface area contributed by atoms with Gasteiger partial charge >= 0.3 is 0 Å². The Labute approximate surface area is 158 Å². The number of rotatable bonds is 6. The topological polar surface area (TPSA) is 68.5 Å². The average Bonchev–Trinajstić information content (AvgIpc) is 3.06. The van der Waals surface area contributed by atoms with Gasteiger partial charge in [-0.2, -0.15) is 0 Å². The van der Waals surface area contributed by atoms with Gasteiger partial charge in [-0.25, -0.2) is 0 Å². The van der Waals surface area contributed by atoms with Crippen molar-refractivity contribution in [2.45, 2.75) is 33.4 Å². The highest BCUT2D eigenvalue weighted by atomic mass is 16.5. The van der Waals surface area contributed by atoms with Crippen molar-refractivity contribution in [2.24, 2.45) is 0 Å². The summed E-state index contributed by atoms with van der Waals surface area (Å²) >= 11 is 0. The van der Waals surface area contributed by atoms with E-state index in [1.54, 1.807) is 24.9 Å². The molecule has 3 aromatic rings. The van der Waals surface area contributed by atoms with Crippen molar-refractivity contribution in [1.29, 1.82) is 0 Å². The minimum absolute atomic E-state index is 0.0694. The molecule has 1 aromatic heterocycles. The molecule has 0 bridgehead atoms. The van der Waals surface area contributed by atoms with Crippen molar-refractivity contribution in [3.05, 3.63) is 65.9 Å². The molecule has 2 aromatic carbocycles. The molecule has 0 saturated carbocycles. The maximum atomic E-state index is 12.8. The molecule has 0 N–H and O–H groups in total. The molecular formula is C21H23N3O3. The summed E-state index contributed by atoms with van der Waals surface area (Å²) in [5, 5.41) is 7.73. The van der Waals surface area contributed by atoms with Crippen LogP contribution in [0.15, 0.2) is 52.9 Å². The first-order chi connectivity index (χ1) is 12.9. The first kappa shape index (κ1) is 18.6. The van der Waals surface area contributed by atoms with Crippen molar-refractivity contribution in [1.82, 2.24) is 15.1 Å². The fraction of sp³-hybridized carbons (Fsp3) is 0.286. The monoisotopic (exact) mass is 365 g/mol. The zero-order chi connectivity index (χ0) is 19.4. The number of para-hydroxylation sites is 1. The molecule has 0 radical (unpaired) electrons. The van der Waals surface area contributed by atoms with Crippen molar-refractivity contribution in [3.8, 4) is 16.9 Å². The van der Waals surface area contributed by atoms with Gasteiger partial charge in [0.15, 0.2) is 0 Å². The standard InChI is InChI=1S/C21H23N3O3/c1-14(2)26-19-11-6-5-10-18(19)16-8-7-9-17(12-16)21(25)24(4)13-20-23-22-15(3)27-20/h5-12,14H,13H2,1-4H3. The van der Waals surface area contributed by atoms with Crippen LogP contribution in [0.4, 0.5) is 0 Å². The maximum absolute atomic E-state index is 12.8. The molecule has 6 nitrogen and oxygen atoms in total. The summed E-state index contributed by atoms with van der Waals surface area (Å²) in [4.78, 5) is 14.4. The zero-order valence-corrected chi connectivity index (χ0v) is 16.0. The van der Waals surface area contributed by atoms with Crippen LogP contribution in [0, 0.1) is 6.92 Å². The number of ether oxygens (including phenoxy) is 1. The fourth-order valence-electron chi connectivity index (χ4n) is 2.78. The second-order valence-electron chi connectivity index (χ2n) is 6.62. The molecule has 0 saturated heterocycles. The molecule has 0 aliphatic heterocycles. The number of carbonyl (C=O) groups is 1. The average molecular weight is 365 g/mol. The Morgan fingerprint density at radius 3 is 2.63 bits per heavy atom. The predicted molar refractivity (Wildman–Crippen MR) is 102 cm³/mol. The van der Waals surface area contributed by atoms with Gasteiger partial charge in [-0.1, -0.05) is 30.3 Å². The Kier molecular flexibility index (Phi) is 5.54. The van der Waals surface area contributed by atoms with E-state index in [1.807, 2.05) is 56.3 Å². The lowest BCUT2D eigenvalue weighted by atomic mass is 10.0.